The summed E-state index contributed by atoms with van der Waals surface area (Å²) >= 11 is 0. The van der Waals surface area contributed by atoms with Gasteiger partial charge in [0.2, 0.25) is 5.91 Å². The zero-order chi connectivity index (χ0) is 16.0. The lowest BCUT2D eigenvalue weighted by Gasteiger charge is -2.22. The zero-order valence-corrected chi connectivity index (χ0v) is 11.9. The van der Waals surface area contributed by atoms with Crippen molar-refractivity contribution in [2.75, 3.05) is 37.4 Å². The SMILES string of the molecule is CN(C)c1ccccc1NC(=O)N(CC(N)=O)CC(=O)O. The Labute approximate surface area is 122 Å². The Morgan fingerprint density at radius 2 is 1.81 bits per heavy atom. The summed E-state index contributed by atoms with van der Waals surface area (Å²) in [5.74, 6) is -2.01. The van der Waals surface area contributed by atoms with E-state index in [0.29, 0.717) is 5.69 Å². The fourth-order valence-corrected chi connectivity index (χ4v) is 1.71. The van der Waals surface area contributed by atoms with Crippen LogP contribution in [0.4, 0.5) is 16.2 Å². The van der Waals surface area contributed by atoms with E-state index in [4.69, 9.17) is 10.8 Å². The number of aliphatic carboxylic acids is 1. The molecule has 0 saturated heterocycles. The first-order chi connectivity index (χ1) is 9.81. The number of carboxylic acid groups (broad SMARTS) is 1. The minimum atomic E-state index is -1.23. The molecule has 8 nitrogen and oxygen atoms in total. The average Bonchev–Trinajstić information content (AvgIpc) is 2.37. The molecule has 0 spiro atoms. The summed E-state index contributed by atoms with van der Waals surface area (Å²) in [6.07, 6.45) is 0. The van der Waals surface area contributed by atoms with Crippen LogP contribution in [-0.4, -0.2) is 55.1 Å². The second-order valence-corrected chi connectivity index (χ2v) is 4.56. The van der Waals surface area contributed by atoms with Gasteiger partial charge in [0.05, 0.1) is 11.4 Å². The first-order valence-electron chi connectivity index (χ1n) is 6.13. The molecule has 8 heteroatoms. The summed E-state index contributed by atoms with van der Waals surface area (Å²) in [6, 6.07) is 6.31. The smallest absolute Gasteiger partial charge is 0.323 e. The highest BCUT2D eigenvalue weighted by Gasteiger charge is 2.19. The van der Waals surface area contributed by atoms with Crippen LogP contribution in [0.2, 0.25) is 0 Å². The number of urea groups is 1. The maximum absolute atomic E-state index is 12.1. The van der Waals surface area contributed by atoms with Crippen LogP contribution < -0.4 is 16.0 Å². The summed E-state index contributed by atoms with van der Waals surface area (Å²) in [5.41, 5.74) is 6.27. The molecule has 1 aromatic carbocycles. The summed E-state index contributed by atoms with van der Waals surface area (Å²) in [4.78, 5) is 36.4. The average molecular weight is 294 g/mol. The molecule has 114 valence electrons. The van der Waals surface area contributed by atoms with E-state index in [2.05, 4.69) is 5.32 Å². The Kier molecular flexibility index (Phi) is 5.53. The Morgan fingerprint density at radius 1 is 1.19 bits per heavy atom. The number of rotatable bonds is 6. The van der Waals surface area contributed by atoms with Crippen molar-refractivity contribution in [1.82, 2.24) is 4.90 Å². The monoisotopic (exact) mass is 294 g/mol. The number of nitrogens with two attached hydrogens (primary N) is 1. The number of para-hydroxylation sites is 2. The highest BCUT2D eigenvalue weighted by atomic mass is 16.4. The van der Waals surface area contributed by atoms with Gasteiger partial charge in [-0.05, 0) is 12.1 Å². The van der Waals surface area contributed by atoms with E-state index in [1.807, 2.05) is 20.2 Å². The molecular weight excluding hydrogens is 276 g/mol. The standard InChI is InChI=1S/C13H18N4O4/c1-16(2)10-6-4-3-5-9(10)15-13(21)17(7-11(14)18)8-12(19)20/h3-6H,7-8H2,1-2H3,(H2,14,18)(H,15,21)(H,19,20). The Balaban J connectivity index is 2.91. The van der Waals surface area contributed by atoms with Crippen LogP contribution in [-0.2, 0) is 9.59 Å². The molecule has 1 rings (SSSR count). The van der Waals surface area contributed by atoms with Gasteiger partial charge in [0.15, 0.2) is 0 Å². The van der Waals surface area contributed by atoms with Gasteiger partial charge in [-0.15, -0.1) is 0 Å². The topological polar surface area (TPSA) is 116 Å². The highest BCUT2D eigenvalue weighted by Crippen LogP contribution is 2.23. The zero-order valence-electron chi connectivity index (χ0n) is 11.9. The number of carbonyl (C=O) groups is 3. The second kappa shape index (κ2) is 7.13. The molecule has 1 aromatic rings. The van der Waals surface area contributed by atoms with Gasteiger partial charge < -0.3 is 26.0 Å². The first-order valence-corrected chi connectivity index (χ1v) is 6.13. The van der Waals surface area contributed by atoms with Crippen molar-refractivity contribution in [3.8, 4) is 0 Å². The summed E-state index contributed by atoms with van der Waals surface area (Å²) in [5, 5.41) is 11.3. The predicted octanol–water partition coefficient (Wildman–Crippen LogP) is 0.156. The van der Waals surface area contributed by atoms with Crippen molar-refractivity contribution in [3.63, 3.8) is 0 Å². The molecule has 0 heterocycles. The fraction of sp³-hybridized carbons (Fsp3) is 0.308. The Morgan fingerprint density at radius 3 is 2.33 bits per heavy atom. The molecule has 3 amide bonds. The lowest BCUT2D eigenvalue weighted by atomic mass is 10.2. The van der Waals surface area contributed by atoms with Crippen LogP contribution in [0.1, 0.15) is 0 Å². The molecule has 0 aliphatic rings. The van der Waals surface area contributed by atoms with Gasteiger partial charge in [-0.25, -0.2) is 4.79 Å². The van der Waals surface area contributed by atoms with Crippen LogP contribution in [0, 0.1) is 0 Å². The van der Waals surface area contributed by atoms with Crippen LogP contribution in [0.3, 0.4) is 0 Å². The summed E-state index contributed by atoms with van der Waals surface area (Å²) < 4.78 is 0. The van der Waals surface area contributed by atoms with E-state index < -0.39 is 31.0 Å². The number of hydrogen-bond acceptors (Lipinski definition) is 4. The molecule has 0 aliphatic carbocycles. The number of carbonyl (C=O) groups excluding carboxylic acids is 2. The van der Waals surface area contributed by atoms with Crippen molar-refractivity contribution in [2.24, 2.45) is 5.73 Å². The van der Waals surface area contributed by atoms with Crippen LogP contribution in [0.5, 0.6) is 0 Å². The third-order valence-electron chi connectivity index (χ3n) is 2.59. The molecule has 0 fully saturated rings. The molecular formula is C13H18N4O4. The molecule has 0 atom stereocenters. The third kappa shape index (κ3) is 5.01. The first kappa shape index (κ1) is 16.3. The van der Waals surface area contributed by atoms with E-state index >= 15 is 0 Å². The van der Waals surface area contributed by atoms with Crippen molar-refractivity contribution in [1.29, 1.82) is 0 Å². The van der Waals surface area contributed by atoms with Crippen molar-refractivity contribution in [3.05, 3.63) is 24.3 Å². The number of nitrogens with one attached hydrogen (secondary N) is 1. The molecule has 0 bridgehead atoms. The number of anilines is 2. The van der Waals surface area contributed by atoms with Gasteiger partial charge in [0.1, 0.15) is 13.1 Å². The van der Waals surface area contributed by atoms with Gasteiger partial charge in [0, 0.05) is 14.1 Å². The van der Waals surface area contributed by atoms with Crippen LogP contribution >= 0.6 is 0 Å². The molecule has 21 heavy (non-hydrogen) atoms. The van der Waals surface area contributed by atoms with E-state index in [0.717, 1.165) is 10.6 Å². The van der Waals surface area contributed by atoms with Crippen LogP contribution in [0.15, 0.2) is 24.3 Å². The largest absolute Gasteiger partial charge is 0.480 e. The van der Waals surface area contributed by atoms with Gasteiger partial charge in [-0.3, -0.25) is 9.59 Å². The van der Waals surface area contributed by atoms with E-state index in [1.54, 1.807) is 23.1 Å². The number of benzene rings is 1. The van der Waals surface area contributed by atoms with Crippen molar-refractivity contribution >= 4 is 29.3 Å². The van der Waals surface area contributed by atoms with Crippen molar-refractivity contribution in [2.45, 2.75) is 0 Å². The third-order valence-corrected chi connectivity index (χ3v) is 2.59. The maximum atomic E-state index is 12.1. The normalized spacial score (nSPS) is 9.81. The lowest BCUT2D eigenvalue weighted by Crippen LogP contribution is -2.43. The van der Waals surface area contributed by atoms with E-state index in [-0.39, 0.29) is 0 Å². The van der Waals surface area contributed by atoms with Gasteiger partial charge in [-0.2, -0.15) is 0 Å². The molecule has 0 aromatic heterocycles. The quantitative estimate of drug-likeness (QED) is 0.691. The van der Waals surface area contributed by atoms with E-state index in [1.165, 1.54) is 0 Å². The number of hydrogen-bond donors (Lipinski definition) is 3. The fourth-order valence-electron chi connectivity index (χ4n) is 1.71. The Hall–Kier alpha value is -2.77. The molecule has 0 saturated carbocycles. The second-order valence-electron chi connectivity index (χ2n) is 4.56. The summed E-state index contributed by atoms with van der Waals surface area (Å²) in [7, 11) is 3.62. The lowest BCUT2D eigenvalue weighted by molar-refractivity contribution is -0.137. The Bertz CT molecular complexity index is 529. The summed E-state index contributed by atoms with van der Waals surface area (Å²) in [6.45, 7) is -1.08. The van der Waals surface area contributed by atoms with E-state index in [9.17, 15) is 14.4 Å². The van der Waals surface area contributed by atoms with Gasteiger partial charge in [0.25, 0.3) is 0 Å². The molecule has 4 N–H and O–H groups in total. The molecule has 0 unspecified atom stereocenters. The highest BCUT2D eigenvalue weighted by molar-refractivity contribution is 5.96. The minimum absolute atomic E-state index is 0.470. The van der Waals surface area contributed by atoms with Gasteiger partial charge >= 0.3 is 12.0 Å². The number of amides is 3. The van der Waals surface area contributed by atoms with Crippen LogP contribution in [0.25, 0.3) is 0 Å². The number of carboxylic acids is 1. The number of primary amides is 1. The molecule has 0 aliphatic heterocycles. The maximum Gasteiger partial charge on any atom is 0.323 e. The number of nitrogens with zero attached hydrogens (tertiary/aromatic N) is 2. The predicted molar refractivity (Wildman–Crippen MR) is 78.2 cm³/mol. The minimum Gasteiger partial charge on any atom is -0.480 e. The van der Waals surface area contributed by atoms with Gasteiger partial charge in [-0.1, -0.05) is 12.1 Å². The van der Waals surface area contributed by atoms with Crippen molar-refractivity contribution < 1.29 is 19.5 Å². The molecule has 0 radical (unpaired) electrons.